The highest BCUT2D eigenvalue weighted by Gasteiger charge is 2.23. The number of nitrogens with zero attached hydrogens (tertiary/aromatic N) is 2. The van der Waals surface area contributed by atoms with E-state index in [0.29, 0.717) is 17.9 Å². The Balaban J connectivity index is 1.59. The third kappa shape index (κ3) is 5.72. The van der Waals surface area contributed by atoms with Crippen LogP contribution in [0.15, 0.2) is 54.6 Å². The molecule has 1 heterocycles. The summed E-state index contributed by atoms with van der Waals surface area (Å²) < 4.78 is 12.0. The van der Waals surface area contributed by atoms with Gasteiger partial charge in [0.25, 0.3) is 0 Å². The van der Waals surface area contributed by atoms with Crippen LogP contribution in [0.5, 0.6) is 5.75 Å². The Morgan fingerprint density at radius 2 is 1.71 bits per heavy atom. The molecule has 178 valence electrons. The predicted octanol–water partition coefficient (Wildman–Crippen LogP) is 7.34. The quantitative estimate of drug-likeness (QED) is 0.356. The maximum absolute atomic E-state index is 10.0. The van der Waals surface area contributed by atoms with Crippen molar-refractivity contribution >= 4 is 16.5 Å². The Morgan fingerprint density at radius 1 is 0.971 bits per heavy atom. The number of hydrogen-bond acceptors (Lipinski definition) is 4. The Bertz CT molecular complexity index is 1170. The van der Waals surface area contributed by atoms with Crippen molar-refractivity contribution in [3.63, 3.8) is 0 Å². The van der Waals surface area contributed by atoms with Crippen LogP contribution in [-0.4, -0.2) is 31.4 Å². The first-order valence-electron chi connectivity index (χ1n) is 12.5. The van der Waals surface area contributed by atoms with Crippen molar-refractivity contribution in [2.24, 2.45) is 0 Å². The average molecular weight is 457 g/mol. The lowest BCUT2D eigenvalue weighted by atomic mass is 9.96. The predicted molar refractivity (Wildman–Crippen MR) is 141 cm³/mol. The Labute approximate surface area is 204 Å². The van der Waals surface area contributed by atoms with Crippen molar-refractivity contribution < 1.29 is 9.47 Å². The van der Waals surface area contributed by atoms with Gasteiger partial charge in [0.1, 0.15) is 23.0 Å². The molecule has 34 heavy (non-hydrogen) atoms. The number of nitriles is 1. The van der Waals surface area contributed by atoms with Crippen molar-refractivity contribution in [2.75, 3.05) is 24.6 Å². The average Bonchev–Trinajstić information content (AvgIpc) is 2.83. The number of benzene rings is 3. The van der Waals surface area contributed by atoms with E-state index in [4.69, 9.17) is 9.47 Å². The van der Waals surface area contributed by atoms with Gasteiger partial charge in [-0.15, -0.1) is 0 Å². The maximum atomic E-state index is 10.0. The fourth-order valence-electron chi connectivity index (χ4n) is 4.61. The Hall–Kier alpha value is -3.03. The third-order valence-corrected chi connectivity index (χ3v) is 6.54. The first-order valence-corrected chi connectivity index (χ1v) is 12.5. The van der Waals surface area contributed by atoms with Crippen LogP contribution in [0, 0.1) is 11.3 Å². The molecule has 1 aliphatic rings. The van der Waals surface area contributed by atoms with E-state index >= 15 is 0 Å². The molecule has 0 radical (unpaired) electrons. The van der Waals surface area contributed by atoms with Crippen molar-refractivity contribution in [3.05, 3.63) is 60.2 Å². The zero-order chi connectivity index (χ0) is 24.1. The standard InChI is InChI=1S/C30H36N2O2/c1-22(2)33-18-15-30(3,4)34-29-10-8-9-27(28(29)21-31)25-12-11-24-20-26(14-13-23(24)19-25)32-16-6-5-7-17-32/h8-14,19-20,22H,5-7,15-18H2,1-4H3. The second-order valence-electron chi connectivity index (χ2n) is 10.1. The van der Waals surface area contributed by atoms with Crippen LogP contribution in [0.1, 0.15) is 58.9 Å². The SMILES string of the molecule is CC(C)OCCC(C)(C)Oc1cccc(-c2ccc3cc(N4CCCCC4)ccc3c2)c1C#N. The molecule has 1 fully saturated rings. The maximum Gasteiger partial charge on any atom is 0.138 e. The van der Waals surface area contributed by atoms with Gasteiger partial charge in [-0.25, -0.2) is 0 Å². The van der Waals surface area contributed by atoms with Crippen LogP contribution in [0.25, 0.3) is 21.9 Å². The normalized spacial score (nSPS) is 14.4. The van der Waals surface area contributed by atoms with Gasteiger partial charge in [-0.05, 0) is 87.6 Å². The van der Waals surface area contributed by atoms with Gasteiger partial charge in [0.2, 0.25) is 0 Å². The Kier molecular flexibility index (Phi) is 7.44. The largest absolute Gasteiger partial charge is 0.486 e. The molecule has 3 aromatic carbocycles. The smallest absolute Gasteiger partial charge is 0.138 e. The zero-order valence-corrected chi connectivity index (χ0v) is 20.9. The van der Waals surface area contributed by atoms with E-state index in [1.54, 1.807) is 0 Å². The molecular formula is C30H36N2O2. The number of piperidine rings is 1. The molecular weight excluding hydrogens is 420 g/mol. The molecule has 0 bridgehead atoms. The van der Waals surface area contributed by atoms with E-state index in [2.05, 4.69) is 47.4 Å². The van der Waals surface area contributed by atoms with Gasteiger partial charge >= 0.3 is 0 Å². The molecule has 3 aromatic rings. The molecule has 0 N–H and O–H groups in total. The fourth-order valence-corrected chi connectivity index (χ4v) is 4.61. The fraction of sp³-hybridized carbons (Fsp3) is 0.433. The van der Waals surface area contributed by atoms with Crippen LogP contribution in [-0.2, 0) is 4.74 Å². The molecule has 1 saturated heterocycles. The molecule has 0 aromatic heterocycles. The van der Waals surface area contributed by atoms with Crippen molar-refractivity contribution in [1.82, 2.24) is 0 Å². The minimum atomic E-state index is -0.437. The van der Waals surface area contributed by atoms with Gasteiger partial charge < -0.3 is 14.4 Å². The van der Waals surface area contributed by atoms with Gasteiger partial charge in [-0.3, -0.25) is 0 Å². The molecule has 4 heteroatoms. The topological polar surface area (TPSA) is 45.5 Å². The third-order valence-electron chi connectivity index (χ3n) is 6.54. The lowest BCUT2D eigenvalue weighted by molar-refractivity contribution is 0.0230. The van der Waals surface area contributed by atoms with Crippen molar-refractivity contribution in [2.45, 2.75) is 65.1 Å². The van der Waals surface area contributed by atoms with E-state index in [1.807, 2.05) is 45.9 Å². The summed E-state index contributed by atoms with van der Waals surface area (Å²) in [5.74, 6) is 0.620. The molecule has 0 atom stereocenters. The number of ether oxygens (including phenoxy) is 2. The van der Waals surface area contributed by atoms with Crippen LogP contribution < -0.4 is 9.64 Å². The molecule has 0 saturated carbocycles. The molecule has 1 aliphatic heterocycles. The van der Waals surface area contributed by atoms with Gasteiger partial charge in [0.05, 0.1) is 12.7 Å². The van der Waals surface area contributed by atoms with E-state index in [0.717, 1.165) is 30.6 Å². The number of fused-ring (bicyclic) bond motifs is 1. The van der Waals surface area contributed by atoms with E-state index in [9.17, 15) is 5.26 Å². The van der Waals surface area contributed by atoms with E-state index < -0.39 is 5.60 Å². The summed E-state index contributed by atoms with van der Waals surface area (Å²) in [5.41, 5.74) is 3.37. The van der Waals surface area contributed by atoms with E-state index in [-0.39, 0.29) is 6.10 Å². The van der Waals surface area contributed by atoms with Crippen molar-refractivity contribution in [1.29, 1.82) is 5.26 Å². The van der Waals surface area contributed by atoms with Crippen LogP contribution >= 0.6 is 0 Å². The highest BCUT2D eigenvalue weighted by molar-refractivity contribution is 5.91. The highest BCUT2D eigenvalue weighted by Crippen LogP contribution is 2.35. The van der Waals surface area contributed by atoms with Gasteiger partial charge in [-0.1, -0.05) is 30.3 Å². The minimum Gasteiger partial charge on any atom is -0.486 e. The second kappa shape index (κ2) is 10.5. The van der Waals surface area contributed by atoms with Crippen LogP contribution in [0.4, 0.5) is 5.69 Å². The summed E-state index contributed by atoms with van der Waals surface area (Å²) in [4.78, 5) is 2.49. The van der Waals surface area contributed by atoms with Gasteiger partial charge in [0.15, 0.2) is 0 Å². The number of rotatable bonds is 8. The summed E-state index contributed by atoms with van der Waals surface area (Å²) in [7, 11) is 0. The molecule has 0 spiro atoms. The summed E-state index contributed by atoms with van der Waals surface area (Å²) >= 11 is 0. The molecule has 0 aliphatic carbocycles. The second-order valence-corrected chi connectivity index (χ2v) is 10.1. The van der Waals surface area contributed by atoms with Gasteiger partial charge in [0, 0.05) is 30.8 Å². The lowest BCUT2D eigenvalue weighted by Crippen LogP contribution is -2.30. The summed E-state index contributed by atoms with van der Waals surface area (Å²) in [6.45, 7) is 11.0. The first kappa shape index (κ1) is 24.1. The van der Waals surface area contributed by atoms with Crippen LogP contribution in [0.3, 0.4) is 0 Å². The molecule has 4 nitrogen and oxygen atoms in total. The molecule has 0 amide bonds. The zero-order valence-electron chi connectivity index (χ0n) is 20.9. The van der Waals surface area contributed by atoms with Gasteiger partial charge in [-0.2, -0.15) is 5.26 Å². The van der Waals surface area contributed by atoms with Crippen molar-refractivity contribution in [3.8, 4) is 22.9 Å². The molecule has 4 rings (SSSR count). The highest BCUT2D eigenvalue weighted by atomic mass is 16.5. The summed E-state index contributed by atoms with van der Waals surface area (Å²) in [6.07, 6.45) is 4.81. The number of hydrogen-bond donors (Lipinski definition) is 0. The Morgan fingerprint density at radius 3 is 2.44 bits per heavy atom. The number of anilines is 1. The minimum absolute atomic E-state index is 0.192. The van der Waals surface area contributed by atoms with E-state index in [1.165, 1.54) is 35.7 Å². The first-order chi connectivity index (χ1) is 16.4. The summed E-state index contributed by atoms with van der Waals surface area (Å²) in [6, 6.07) is 21.4. The lowest BCUT2D eigenvalue weighted by Gasteiger charge is -2.29. The van der Waals surface area contributed by atoms with Crippen LogP contribution in [0.2, 0.25) is 0 Å². The summed E-state index contributed by atoms with van der Waals surface area (Å²) in [5, 5.41) is 12.4. The molecule has 0 unspecified atom stereocenters. The monoisotopic (exact) mass is 456 g/mol.